The van der Waals surface area contributed by atoms with Gasteiger partial charge in [0.05, 0.1) is 11.6 Å². The van der Waals surface area contributed by atoms with Gasteiger partial charge >= 0.3 is 0 Å². The molecule has 1 rings (SSSR count). The smallest absolute Gasteiger partial charge is 0.212 e. The Labute approximate surface area is 81.8 Å². The van der Waals surface area contributed by atoms with Gasteiger partial charge in [-0.25, -0.2) is 8.42 Å². The van der Waals surface area contributed by atoms with Crippen molar-refractivity contribution in [3.63, 3.8) is 0 Å². The maximum Gasteiger partial charge on any atom is 0.219 e. The summed E-state index contributed by atoms with van der Waals surface area (Å²) in [6.07, 6.45) is 0. The molecule has 0 amide bonds. The molecule has 0 atom stereocenters. The molecule has 0 aromatic carbocycles. The van der Waals surface area contributed by atoms with Crippen LogP contribution in [0.2, 0.25) is 0 Å². The second-order valence-corrected chi connectivity index (χ2v) is 6.06. The molecule has 3 nitrogen and oxygen atoms in total. The van der Waals surface area contributed by atoms with Gasteiger partial charge in [-0.05, 0) is 0 Å². The summed E-state index contributed by atoms with van der Waals surface area (Å²) in [5.41, 5.74) is 0. The molecule has 1 heterocycles. The molecule has 70 valence electrons. The summed E-state index contributed by atoms with van der Waals surface area (Å²) in [6, 6.07) is 0. The molecule has 0 aromatic rings. The van der Waals surface area contributed by atoms with Gasteiger partial charge < -0.3 is 0 Å². The number of hydrogen-bond acceptors (Lipinski definition) is 3. The first-order chi connectivity index (χ1) is 5.52. The fourth-order valence-electron chi connectivity index (χ4n) is 0.906. The first-order valence-corrected chi connectivity index (χ1v) is 6.55. The normalized spacial score (nSPS) is 19.8. The number of halogens is 1. The van der Waals surface area contributed by atoms with Gasteiger partial charge in [-0.1, -0.05) is 18.2 Å². The Morgan fingerprint density at radius 3 is 2.75 bits per heavy atom. The van der Waals surface area contributed by atoms with Gasteiger partial charge in [0.2, 0.25) is 10.0 Å². The van der Waals surface area contributed by atoms with Crippen LogP contribution in [0.25, 0.3) is 0 Å². The Bertz CT molecular complexity index is 269. The van der Waals surface area contributed by atoms with E-state index < -0.39 is 10.0 Å². The summed E-state index contributed by atoms with van der Waals surface area (Å²) in [5.74, 6) is 1.27. The van der Waals surface area contributed by atoms with Crippen molar-refractivity contribution >= 4 is 33.4 Å². The Hall–Kier alpha value is 0.290. The molecule has 0 saturated carbocycles. The summed E-state index contributed by atoms with van der Waals surface area (Å²) in [5, 5.41) is 0.173. The summed E-state index contributed by atoms with van der Waals surface area (Å²) in [6.45, 7) is 3.96. The highest BCUT2D eigenvalue weighted by Crippen LogP contribution is 2.19. The molecule has 0 spiro atoms. The maximum atomic E-state index is 11.4. The number of rotatable bonds is 3. The van der Waals surface area contributed by atoms with Crippen molar-refractivity contribution in [1.29, 1.82) is 0 Å². The van der Waals surface area contributed by atoms with Gasteiger partial charge in [0, 0.05) is 17.3 Å². The fraction of sp³-hybridized carbons (Fsp3) is 0.667. The van der Waals surface area contributed by atoms with E-state index in [1.54, 1.807) is 11.8 Å². The molecule has 12 heavy (non-hydrogen) atoms. The average molecular weight is 228 g/mol. The minimum Gasteiger partial charge on any atom is -0.212 e. The van der Waals surface area contributed by atoms with Crippen molar-refractivity contribution in [2.75, 3.05) is 23.9 Å². The first-order valence-electron chi connectivity index (χ1n) is 3.41. The monoisotopic (exact) mass is 227 g/mol. The second-order valence-electron chi connectivity index (χ2n) is 2.49. The molecule has 1 aliphatic heterocycles. The number of nitrogens with zero attached hydrogens (tertiary/aromatic N) is 1. The molecule has 0 N–H and O–H groups in total. The average Bonchev–Trinajstić information content (AvgIpc) is 2.32. The van der Waals surface area contributed by atoms with E-state index in [1.165, 1.54) is 4.31 Å². The standard InChI is InChI=1S/C6H10ClNO2S2/c1-6(7)4-12(9,10)8-2-3-11-5-8/h1-5H2. The lowest BCUT2D eigenvalue weighted by atomic mass is 10.7. The van der Waals surface area contributed by atoms with Crippen molar-refractivity contribution < 1.29 is 8.42 Å². The van der Waals surface area contributed by atoms with E-state index in [1.807, 2.05) is 0 Å². The zero-order chi connectivity index (χ0) is 9.19. The first kappa shape index (κ1) is 10.4. The van der Waals surface area contributed by atoms with Gasteiger partial charge in [-0.2, -0.15) is 4.31 Å². The van der Waals surface area contributed by atoms with E-state index in [2.05, 4.69) is 6.58 Å². The van der Waals surface area contributed by atoms with E-state index in [0.29, 0.717) is 12.4 Å². The van der Waals surface area contributed by atoms with Crippen LogP contribution in [0, 0.1) is 0 Å². The fourth-order valence-corrected chi connectivity index (χ4v) is 4.06. The number of hydrogen-bond donors (Lipinski definition) is 0. The summed E-state index contributed by atoms with van der Waals surface area (Å²) >= 11 is 7.04. The Kier molecular flexibility index (Phi) is 3.46. The van der Waals surface area contributed by atoms with Crippen LogP contribution >= 0.6 is 23.4 Å². The van der Waals surface area contributed by atoms with E-state index in [9.17, 15) is 8.42 Å². The molecule has 1 saturated heterocycles. The van der Waals surface area contributed by atoms with Crippen molar-refractivity contribution in [3.05, 3.63) is 11.6 Å². The minimum atomic E-state index is -3.18. The van der Waals surface area contributed by atoms with Crippen LogP contribution in [-0.4, -0.2) is 36.7 Å². The van der Waals surface area contributed by atoms with E-state index >= 15 is 0 Å². The highest BCUT2D eigenvalue weighted by Gasteiger charge is 2.25. The minimum absolute atomic E-state index is 0.144. The Morgan fingerprint density at radius 2 is 2.33 bits per heavy atom. The van der Waals surface area contributed by atoms with Crippen LogP contribution in [0.15, 0.2) is 11.6 Å². The molecule has 1 fully saturated rings. The van der Waals surface area contributed by atoms with Crippen LogP contribution in [0.3, 0.4) is 0 Å². The van der Waals surface area contributed by atoms with Crippen molar-refractivity contribution in [3.8, 4) is 0 Å². The quantitative estimate of drug-likeness (QED) is 0.724. The summed E-state index contributed by atoms with van der Waals surface area (Å²) in [7, 11) is -3.18. The van der Waals surface area contributed by atoms with Crippen LogP contribution in [0.1, 0.15) is 0 Å². The molecule has 1 aliphatic rings. The third kappa shape index (κ3) is 2.65. The van der Waals surface area contributed by atoms with Crippen LogP contribution < -0.4 is 0 Å². The summed E-state index contributed by atoms with van der Waals surface area (Å²) in [4.78, 5) is 0. The van der Waals surface area contributed by atoms with Crippen molar-refractivity contribution in [2.24, 2.45) is 0 Å². The molecule has 0 bridgehead atoms. The molecular weight excluding hydrogens is 218 g/mol. The zero-order valence-electron chi connectivity index (χ0n) is 6.49. The molecule has 6 heteroatoms. The van der Waals surface area contributed by atoms with E-state index in [-0.39, 0.29) is 10.8 Å². The Balaban J connectivity index is 2.64. The van der Waals surface area contributed by atoms with Gasteiger partial charge in [0.15, 0.2) is 0 Å². The lowest BCUT2D eigenvalue weighted by molar-refractivity contribution is 0.492. The van der Waals surface area contributed by atoms with Crippen molar-refractivity contribution in [1.82, 2.24) is 4.31 Å². The molecule has 0 aromatic heterocycles. The highest BCUT2D eigenvalue weighted by molar-refractivity contribution is 8.00. The van der Waals surface area contributed by atoms with Gasteiger partial charge in [0.1, 0.15) is 0 Å². The summed E-state index contributed by atoms with van der Waals surface area (Å²) < 4.78 is 24.3. The Morgan fingerprint density at radius 1 is 1.67 bits per heavy atom. The molecule has 0 aliphatic carbocycles. The number of thioether (sulfide) groups is 1. The van der Waals surface area contributed by atoms with Crippen molar-refractivity contribution in [2.45, 2.75) is 0 Å². The molecule has 0 radical (unpaired) electrons. The van der Waals surface area contributed by atoms with E-state index in [4.69, 9.17) is 11.6 Å². The second kappa shape index (κ2) is 4.00. The van der Waals surface area contributed by atoms with E-state index in [0.717, 1.165) is 5.75 Å². The highest BCUT2D eigenvalue weighted by atomic mass is 35.5. The predicted molar refractivity (Wildman–Crippen MR) is 52.8 cm³/mol. The lowest BCUT2D eigenvalue weighted by Gasteiger charge is -2.13. The van der Waals surface area contributed by atoms with Gasteiger partial charge in [-0.15, -0.1) is 11.8 Å². The SMILES string of the molecule is C=C(Cl)CS(=O)(=O)N1CCSC1. The van der Waals surface area contributed by atoms with Crippen LogP contribution in [-0.2, 0) is 10.0 Å². The molecule has 0 unspecified atom stereocenters. The third-order valence-corrected chi connectivity index (χ3v) is 4.69. The molecular formula is C6H10ClNO2S2. The largest absolute Gasteiger partial charge is 0.219 e. The van der Waals surface area contributed by atoms with Crippen LogP contribution in [0.5, 0.6) is 0 Å². The van der Waals surface area contributed by atoms with Crippen LogP contribution in [0.4, 0.5) is 0 Å². The van der Waals surface area contributed by atoms with Gasteiger partial charge in [-0.3, -0.25) is 0 Å². The van der Waals surface area contributed by atoms with Gasteiger partial charge in [0.25, 0.3) is 0 Å². The third-order valence-electron chi connectivity index (χ3n) is 1.45. The topological polar surface area (TPSA) is 37.4 Å². The lowest BCUT2D eigenvalue weighted by Crippen LogP contribution is -2.30. The zero-order valence-corrected chi connectivity index (χ0v) is 8.88. The maximum absolute atomic E-state index is 11.4. The predicted octanol–water partition coefficient (Wildman–Crippen LogP) is 1.08. The number of sulfonamides is 1.